The van der Waals surface area contributed by atoms with E-state index in [1.807, 2.05) is 11.8 Å². The maximum Gasteiger partial charge on any atom is 0.282 e. The second kappa shape index (κ2) is 9.32. The quantitative estimate of drug-likeness (QED) is 0.615. The maximum absolute atomic E-state index is 13.7. The van der Waals surface area contributed by atoms with Gasteiger partial charge in [0.2, 0.25) is 0 Å². The summed E-state index contributed by atoms with van der Waals surface area (Å²) in [6.07, 6.45) is 0. The number of benzene rings is 2. The van der Waals surface area contributed by atoms with Crippen LogP contribution in [-0.2, 0) is 14.3 Å². The third-order valence-corrected chi connectivity index (χ3v) is 5.45. The molecule has 0 atom stereocenters. The highest BCUT2D eigenvalue weighted by molar-refractivity contribution is 6.45. The Labute approximate surface area is 186 Å². The normalized spacial score (nSPS) is 16.6. The minimum absolute atomic E-state index is 0.333. The van der Waals surface area contributed by atoms with Crippen molar-refractivity contribution in [3.63, 3.8) is 0 Å². The molecule has 0 saturated carbocycles. The summed E-state index contributed by atoms with van der Waals surface area (Å²) in [7, 11) is 3.08. The predicted octanol–water partition coefficient (Wildman–Crippen LogP) is 2.72. The molecule has 0 aliphatic carbocycles. The summed E-state index contributed by atoms with van der Waals surface area (Å²) in [5.74, 6) is 0.865. The SMILES string of the molecule is CCOc1cccc(N2C(=O)C(c3ccc(OC)c(OC)c3)=C(N3CCOCC3)C2=O)c1. The van der Waals surface area contributed by atoms with Gasteiger partial charge in [-0.25, -0.2) is 4.90 Å². The topological polar surface area (TPSA) is 77.5 Å². The van der Waals surface area contributed by atoms with E-state index in [2.05, 4.69) is 0 Å². The maximum atomic E-state index is 13.7. The fraction of sp³-hybridized carbons (Fsp3) is 0.333. The summed E-state index contributed by atoms with van der Waals surface area (Å²) < 4.78 is 21.8. The highest BCUT2D eigenvalue weighted by Crippen LogP contribution is 2.38. The van der Waals surface area contributed by atoms with E-state index in [-0.39, 0.29) is 5.91 Å². The first-order chi connectivity index (χ1) is 15.6. The molecule has 0 radical (unpaired) electrons. The fourth-order valence-electron chi connectivity index (χ4n) is 3.96. The zero-order chi connectivity index (χ0) is 22.7. The van der Waals surface area contributed by atoms with Crippen LogP contribution in [0.15, 0.2) is 48.2 Å². The monoisotopic (exact) mass is 438 g/mol. The number of methoxy groups -OCH3 is 2. The molecule has 8 heteroatoms. The van der Waals surface area contributed by atoms with Crippen molar-refractivity contribution in [1.29, 1.82) is 0 Å². The highest BCUT2D eigenvalue weighted by Gasteiger charge is 2.43. The van der Waals surface area contributed by atoms with Crippen LogP contribution in [0.5, 0.6) is 17.2 Å². The van der Waals surface area contributed by atoms with Crippen LogP contribution in [0.3, 0.4) is 0 Å². The van der Waals surface area contributed by atoms with Crippen LogP contribution in [0.25, 0.3) is 5.57 Å². The van der Waals surface area contributed by atoms with Crippen molar-refractivity contribution in [2.24, 2.45) is 0 Å². The van der Waals surface area contributed by atoms with E-state index in [0.29, 0.717) is 72.7 Å². The van der Waals surface area contributed by atoms with Crippen molar-refractivity contribution in [3.8, 4) is 17.2 Å². The number of carbonyl (C=O) groups is 2. The van der Waals surface area contributed by atoms with E-state index in [4.69, 9.17) is 18.9 Å². The number of anilines is 1. The Morgan fingerprint density at radius 2 is 1.69 bits per heavy atom. The molecule has 2 aliphatic heterocycles. The second-order valence-electron chi connectivity index (χ2n) is 7.27. The molecule has 4 rings (SSSR count). The molecule has 1 fully saturated rings. The molecule has 8 nitrogen and oxygen atoms in total. The largest absolute Gasteiger partial charge is 0.494 e. The number of hydrogen-bond acceptors (Lipinski definition) is 7. The van der Waals surface area contributed by atoms with E-state index >= 15 is 0 Å². The van der Waals surface area contributed by atoms with Crippen molar-refractivity contribution >= 4 is 23.1 Å². The smallest absolute Gasteiger partial charge is 0.282 e. The van der Waals surface area contributed by atoms with Gasteiger partial charge < -0.3 is 23.8 Å². The van der Waals surface area contributed by atoms with Crippen molar-refractivity contribution in [2.45, 2.75) is 6.92 Å². The molecule has 2 amide bonds. The number of imide groups is 1. The number of hydrogen-bond donors (Lipinski definition) is 0. The minimum atomic E-state index is -0.391. The molecule has 0 N–H and O–H groups in total. The van der Waals surface area contributed by atoms with Crippen molar-refractivity contribution in [3.05, 3.63) is 53.7 Å². The molecule has 2 aromatic carbocycles. The fourth-order valence-corrected chi connectivity index (χ4v) is 3.96. The Bertz CT molecular complexity index is 1060. The van der Waals surface area contributed by atoms with Gasteiger partial charge in [0.05, 0.1) is 45.3 Å². The summed E-state index contributed by atoms with van der Waals surface area (Å²) in [6, 6.07) is 12.2. The first kappa shape index (κ1) is 21.7. The average Bonchev–Trinajstić information content (AvgIpc) is 3.09. The summed E-state index contributed by atoms with van der Waals surface area (Å²) in [5, 5.41) is 0. The molecule has 0 unspecified atom stereocenters. The number of nitrogens with zero attached hydrogens (tertiary/aromatic N) is 2. The number of amides is 2. The Morgan fingerprint density at radius 1 is 0.938 bits per heavy atom. The minimum Gasteiger partial charge on any atom is -0.494 e. The molecular weight excluding hydrogens is 412 g/mol. The van der Waals surface area contributed by atoms with Crippen LogP contribution in [0.4, 0.5) is 5.69 Å². The van der Waals surface area contributed by atoms with E-state index in [0.717, 1.165) is 0 Å². The first-order valence-corrected chi connectivity index (χ1v) is 10.5. The highest BCUT2D eigenvalue weighted by atomic mass is 16.5. The lowest BCUT2D eigenvalue weighted by atomic mass is 10.0. The van der Waals surface area contributed by atoms with Crippen LogP contribution >= 0.6 is 0 Å². The van der Waals surface area contributed by atoms with Crippen molar-refractivity contribution in [1.82, 2.24) is 4.90 Å². The van der Waals surface area contributed by atoms with E-state index in [1.54, 1.807) is 49.6 Å². The Balaban J connectivity index is 1.82. The molecule has 2 aromatic rings. The summed E-state index contributed by atoms with van der Waals surface area (Å²) in [5.41, 5.74) is 1.75. The third-order valence-electron chi connectivity index (χ3n) is 5.45. The number of morpholine rings is 1. The zero-order valence-electron chi connectivity index (χ0n) is 18.4. The van der Waals surface area contributed by atoms with Crippen molar-refractivity contribution in [2.75, 3.05) is 52.0 Å². The van der Waals surface area contributed by atoms with Crippen LogP contribution < -0.4 is 19.1 Å². The van der Waals surface area contributed by atoms with Gasteiger partial charge in [0.1, 0.15) is 11.4 Å². The lowest BCUT2D eigenvalue weighted by Gasteiger charge is -2.29. The van der Waals surface area contributed by atoms with Gasteiger partial charge in [0.25, 0.3) is 11.8 Å². The van der Waals surface area contributed by atoms with Gasteiger partial charge >= 0.3 is 0 Å². The van der Waals surface area contributed by atoms with Crippen LogP contribution in [0.1, 0.15) is 12.5 Å². The summed E-state index contributed by atoms with van der Waals surface area (Å²) >= 11 is 0. The Kier molecular flexibility index (Phi) is 6.32. The van der Waals surface area contributed by atoms with Gasteiger partial charge in [0, 0.05) is 19.2 Å². The van der Waals surface area contributed by atoms with E-state index < -0.39 is 5.91 Å². The van der Waals surface area contributed by atoms with Gasteiger partial charge in [-0.05, 0) is 36.8 Å². The molecule has 2 heterocycles. The van der Waals surface area contributed by atoms with Gasteiger partial charge in [-0.15, -0.1) is 0 Å². The molecule has 1 saturated heterocycles. The van der Waals surface area contributed by atoms with Crippen molar-refractivity contribution < 1.29 is 28.5 Å². The molecule has 32 heavy (non-hydrogen) atoms. The Morgan fingerprint density at radius 3 is 2.38 bits per heavy atom. The average molecular weight is 438 g/mol. The molecule has 0 bridgehead atoms. The summed E-state index contributed by atoms with van der Waals surface area (Å²) in [6.45, 7) is 4.40. The number of rotatable bonds is 7. The first-order valence-electron chi connectivity index (χ1n) is 10.5. The van der Waals surface area contributed by atoms with E-state index in [9.17, 15) is 9.59 Å². The predicted molar refractivity (Wildman–Crippen MR) is 119 cm³/mol. The van der Waals surface area contributed by atoms with Crippen LogP contribution in [-0.4, -0.2) is 63.8 Å². The lowest BCUT2D eigenvalue weighted by Crippen LogP contribution is -2.40. The standard InChI is InChI=1S/C24H26N2O6/c1-4-32-18-7-5-6-17(15-18)26-23(27)21(16-8-9-19(29-2)20(14-16)30-3)22(24(26)28)25-10-12-31-13-11-25/h5-9,14-15H,4,10-13H2,1-3H3. The van der Waals surface area contributed by atoms with E-state index in [1.165, 1.54) is 12.0 Å². The third kappa shape index (κ3) is 3.89. The number of ether oxygens (including phenoxy) is 4. The second-order valence-corrected chi connectivity index (χ2v) is 7.27. The van der Waals surface area contributed by atoms with Gasteiger partial charge in [0.15, 0.2) is 11.5 Å². The molecule has 0 aromatic heterocycles. The van der Waals surface area contributed by atoms with Gasteiger partial charge in [-0.1, -0.05) is 12.1 Å². The van der Waals surface area contributed by atoms with Gasteiger partial charge in [-0.2, -0.15) is 0 Å². The zero-order valence-corrected chi connectivity index (χ0v) is 18.4. The molecule has 2 aliphatic rings. The lowest BCUT2D eigenvalue weighted by molar-refractivity contribution is -0.121. The molecule has 168 valence electrons. The van der Waals surface area contributed by atoms with Crippen LogP contribution in [0, 0.1) is 0 Å². The summed E-state index contributed by atoms with van der Waals surface area (Å²) in [4.78, 5) is 30.4. The Hall–Kier alpha value is -3.52. The number of carbonyl (C=O) groups excluding carboxylic acids is 2. The molecular formula is C24H26N2O6. The molecule has 0 spiro atoms. The van der Waals surface area contributed by atoms with Gasteiger partial charge in [-0.3, -0.25) is 9.59 Å². The van der Waals surface area contributed by atoms with Crippen LogP contribution in [0.2, 0.25) is 0 Å².